The van der Waals surface area contributed by atoms with Gasteiger partial charge in [0.25, 0.3) is 5.91 Å². The van der Waals surface area contributed by atoms with Gasteiger partial charge in [-0.1, -0.05) is 24.3 Å². The second-order valence-electron chi connectivity index (χ2n) is 7.98. The Balaban J connectivity index is 1.17. The number of para-hydroxylation sites is 1. The van der Waals surface area contributed by atoms with Crippen LogP contribution in [0.15, 0.2) is 77.5 Å². The Labute approximate surface area is 195 Å². The molecule has 34 heavy (non-hydrogen) atoms. The molecule has 8 heteroatoms. The molecule has 0 fully saturated rings. The monoisotopic (exact) mass is 454 g/mol. The summed E-state index contributed by atoms with van der Waals surface area (Å²) in [5, 5.41) is 0.855. The van der Waals surface area contributed by atoms with Crippen molar-refractivity contribution in [1.82, 2.24) is 20.2 Å². The zero-order valence-corrected chi connectivity index (χ0v) is 18.7. The van der Waals surface area contributed by atoms with Gasteiger partial charge in [0.2, 0.25) is 0 Å². The Morgan fingerprint density at radius 3 is 2.50 bits per heavy atom. The van der Waals surface area contributed by atoms with E-state index in [9.17, 15) is 9.59 Å². The van der Waals surface area contributed by atoms with Crippen molar-refractivity contribution in [3.8, 4) is 5.75 Å². The van der Waals surface area contributed by atoms with Gasteiger partial charge in [-0.05, 0) is 55.8 Å². The van der Waals surface area contributed by atoms with Gasteiger partial charge in [-0.3, -0.25) is 20.4 Å². The molecule has 0 atom stereocenters. The highest BCUT2D eigenvalue weighted by atomic mass is 16.5. The van der Waals surface area contributed by atoms with E-state index >= 15 is 0 Å². The maximum absolute atomic E-state index is 12.5. The smallest absolute Gasteiger partial charge is 0.305 e. The van der Waals surface area contributed by atoms with Gasteiger partial charge in [0.1, 0.15) is 23.6 Å². The third kappa shape index (κ3) is 4.21. The SMILES string of the molecule is Cc1ccc2nc(COc3ccc(C(=O)NNC(=O)c4oc5ccccc5c4C)cc3)cn2c1. The van der Waals surface area contributed by atoms with E-state index in [-0.39, 0.29) is 5.76 Å². The lowest BCUT2D eigenvalue weighted by molar-refractivity contribution is 0.0831. The van der Waals surface area contributed by atoms with Crippen molar-refractivity contribution in [2.24, 2.45) is 0 Å². The molecule has 2 amide bonds. The van der Waals surface area contributed by atoms with Crippen LogP contribution in [0.4, 0.5) is 0 Å². The molecule has 0 saturated heterocycles. The van der Waals surface area contributed by atoms with E-state index in [1.807, 2.05) is 54.0 Å². The number of imidazole rings is 1. The summed E-state index contributed by atoms with van der Waals surface area (Å²) in [5.74, 6) is -0.215. The molecule has 3 heterocycles. The van der Waals surface area contributed by atoms with Crippen molar-refractivity contribution >= 4 is 28.4 Å². The molecule has 0 aliphatic carbocycles. The lowest BCUT2D eigenvalue weighted by atomic mass is 10.1. The number of hydrazine groups is 1. The fourth-order valence-electron chi connectivity index (χ4n) is 3.72. The summed E-state index contributed by atoms with van der Waals surface area (Å²) in [4.78, 5) is 29.5. The number of amides is 2. The van der Waals surface area contributed by atoms with E-state index in [1.54, 1.807) is 37.3 Å². The highest BCUT2D eigenvalue weighted by Gasteiger charge is 2.18. The molecule has 2 N–H and O–H groups in total. The molecule has 0 unspecified atom stereocenters. The summed E-state index contributed by atoms with van der Waals surface area (Å²) < 4.78 is 13.4. The number of rotatable bonds is 5. The lowest BCUT2D eigenvalue weighted by Crippen LogP contribution is -2.41. The first-order valence-electron chi connectivity index (χ1n) is 10.7. The van der Waals surface area contributed by atoms with Crippen LogP contribution in [0, 0.1) is 13.8 Å². The number of ether oxygens (including phenoxy) is 1. The second kappa shape index (κ2) is 8.74. The fraction of sp³-hybridized carbons (Fsp3) is 0.115. The average Bonchev–Trinajstić information content (AvgIpc) is 3.41. The first kappa shape index (κ1) is 21.3. The Kier molecular flexibility index (Phi) is 5.47. The predicted molar refractivity (Wildman–Crippen MR) is 127 cm³/mol. The molecule has 0 saturated carbocycles. The highest BCUT2D eigenvalue weighted by molar-refractivity contribution is 6.01. The number of nitrogens with zero attached hydrogens (tertiary/aromatic N) is 2. The van der Waals surface area contributed by atoms with Gasteiger partial charge in [-0.25, -0.2) is 4.98 Å². The van der Waals surface area contributed by atoms with Gasteiger partial charge in [-0.2, -0.15) is 0 Å². The standard InChI is InChI=1S/C26H22N4O4/c1-16-7-12-23-27-19(14-30(23)13-16)15-33-20-10-8-18(9-11-20)25(31)28-29-26(32)24-17(2)21-5-3-4-6-22(21)34-24/h3-14H,15H2,1-2H3,(H,28,31)(H,29,32). The minimum atomic E-state index is -0.523. The van der Waals surface area contributed by atoms with Gasteiger partial charge >= 0.3 is 5.91 Å². The third-order valence-corrected chi connectivity index (χ3v) is 5.49. The number of pyridine rings is 1. The number of carbonyl (C=O) groups is 2. The van der Waals surface area contributed by atoms with Crippen LogP contribution in [-0.4, -0.2) is 21.2 Å². The number of aromatic nitrogens is 2. The molecule has 0 aliphatic heterocycles. The van der Waals surface area contributed by atoms with Crippen LogP contribution >= 0.6 is 0 Å². The van der Waals surface area contributed by atoms with E-state index in [1.165, 1.54) is 0 Å². The second-order valence-corrected chi connectivity index (χ2v) is 7.98. The minimum Gasteiger partial charge on any atom is -0.487 e. The lowest BCUT2D eigenvalue weighted by Gasteiger charge is -2.08. The first-order valence-corrected chi connectivity index (χ1v) is 10.7. The Hall–Kier alpha value is -4.59. The van der Waals surface area contributed by atoms with E-state index in [4.69, 9.17) is 9.15 Å². The third-order valence-electron chi connectivity index (χ3n) is 5.49. The molecule has 5 aromatic rings. The van der Waals surface area contributed by atoms with Crippen molar-refractivity contribution in [2.45, 2.75) is 20.5 Å². The quantitative estimate of drug-likeness (QED) is 0.385. The fourth-order valence-corrected chi connectivity index (χ4v) is 3.72. The van der Waals surface area contributed by atoms with Crippen molar-refractivity contribution in [2.75, 3.05) is 0 Å². The van der Waals surface area contributed by atoms with Gasteiger partial charge in [0, 0.05) is 28.9 Å². The maximum Gasteiger partial charge on any atom is 0.305 e. The molecule has 0 spiro atoms. The number of aryl methyl sites for hydroxylation is 2. The largest absolute Gasteiger partial charge is 0.487 e. The van der Waals surface area contributed by atoms with Crippen LogP contribution in [0.25, 0.3) is 16.6 Å². The summed E-state index contributed by atoms with van der Waals surface area (Å²) >= 11 is 0. The van der Waals surface area contributed by atoms with Crippen molar-refractivity contribution in [3.63, 3.8) is 0 Å². The molecule has 0 aliphatic rings. The summed E-state index contributed by atoms with van der Waals surface area (Å²) in [6, 6.07) is 18.0. The first-order chi connectivity index (χ1) is 16.5. The molecule has 0 radical (unpaired) electrons. The topological polar surface area (TPSA) is 97.9 Å². The average molecular weight is 454 g/mol. The highest BCUT2D eigenvalue weighted by Crippen LogP contribution is 2.24. The van der Waals surface area contributed by atoms with Gasteiger partial charge in [-0.15, -0.1) is 0 Å². The number of hydrogen-bond donors (Lipinski definition) is 2. The van der Waals surface area contributed by atoms with Gasteiger partial charge < -0.3 is 13.6 Å². The number of furan rings is 1. The minimum absolute atomic E-state index is 0.160. The zero-order valence-electron chi connectivity index (χ0n) is 18.7. The van der Waals surface area contributed by atoms with Crippen LogP contribution in [0.5, 0.6) is 5.75 Å². The normalized spacial score (nSPS) is 11.0. The van der Waals surface area contributed by atoms with E-state index in [0.717, 1.165) is 22.3 Å². The van der Waals surface area contributed by atoms with Crippen molar-refractivity contribution in [1.29, 1.82) is 0 Å². The van der Waals surface area contributed by atoms with Gasteiger partial charge in [0.15, 0.2) is 5.76 Å². The number of nitrogens with one attached hydrogen (secondary N) is 2. The van der Waals surface area contributed by atoms with Crippen LogP contribution in [0.3, 0.4) is 0 Å². The molecule has 5 rings (SSSR count). The Morgan fingerprint density at radius 1 is 0.941 bits per heavy atom. The molecule has 0 bridgehead atoms. The summed E-state index contributed by atoms with van der Waals surface area (Å²) in [6.45, 7) is 4.13. The van der Waals surface area contributed by atoms with Crippen LogP contribution in [0.2, 0.25) is 0 Å². The molecular formula is C26H22N4O4. The Morgan fingerprint density at radius 2 is 1.71 bits per heavy atom. The summed E-state index contributed by atoms with van der Waals surface area (Å²) in [6.07, 6.45) is 3.93. The Bertz CT molecular complexity index is 1520. The van der Waals surface area contributed by atoms with Crippen molar-refractivity contribution < 1.29 is 18.7 Å². The summed E-state index contributed by atoms with van der Waals surface area (Å²) in [7, 11) is 0. The maximum atomic E-state index is 12.5. The van der Waals surface area contributed by atoms with E-state index in [0.29, 0.717) is 29.1 Å². The number of hydrogen-bond acceptors (Lipinski definition) is 5. The predicted octanol–water partition coefficient (Wildman–Crippen LogP) is 4.35. The summed E-state index contributed by atoms with van der Waals surface area (Å²) in [5.41, 5.74) is 9.33. The molecular weight excluding hydrogens is 432 g/mol. The van der Waals surface area contributed by atoms with Gasteiger partial charge in [0.05, 0.1) is 5.69 Å². The van der Waals surface area contributed by atoms with Crippen LogP contribution < -0.4 is 15.6 Å². The van der Waals surface area contributed by atoms with Crippen molar-refractivity contribution in [3.05, 3.63) is 101 Å². The number of carbonyl (C=O) groups excluding carboxylic acids is 2. The molecule has 2 aromatic carbocycles. The molecule has 170 valence electrons. The number of benzene rings is 2. The molecule has 8 nitrogen and oxygen atoms in total. The molecule has 3 aromatic heterocycles. The van der Waals surface area contributed by atoms with E-state index in [2.05, 4.69) is 15.8 Å². The van der Waals surface area contributed by atoms with Crippen LogP contribution in [0.1, 0.15) is 37.7 Å². The zero-order chi connectivity index (χ0) is 23.7. The number of fused-ring (bicyclic) bond motifs is 2. The van der Waals surface area contributed by atoms with Crippen LogP contribution in [-0.2, 0) is 6.61 Å². The van der Waals surface area contributed by atoms with E-state index < -0.39 is 11.8 Å².